The molecule has 0 aliphatic rings. The molecule has 0 aliphatic heterocycles. The third kappa shape index (κ3) is 5.26. The molecule has 0 heterocycles. The molecule has 2 aromatic carbocycles. The van der Waals surface area contributed by atoms with Crippen LogP contribution >= 0.6 is 23.2 Å². The first-order chi connectivity index (χ1) is 11.9. The SMILES string of the molecule is COc1ccc(C[NH+](C)CC(=O)Nc2c(Cl)cccc2Cl)c(OC)c1. The number of methoxy groups -OCH3 is 2. The van der Waals surface area contributed by atoms with E-state index in [-0.39, 0.29) is 12.5 Å². The van der Waals surface area contributed by atoms with Gasteiger partial charge >= 0.3 is 0 Å². The Labute approximate surface area is 157 Å². The lowest BCUT2D eigenvalue weighted by atomic mass is 10.2. The summed E-state index contributed by atoms with van der Waals surface area (Å²) in [6.45, 7) is 0.883. The molecule has 0 saturated heterocycles. The normalized spacial score (nSPS) is 11.7. The molecule has 0 spiro atoms. The Kier molecular flexibility index (Phi) is 6.93. The molecule has 0 aliphatic carbocycles. The van der Waals surface area contributed by atoms with E-state index in [9.17, 15) is 4.79 Å². The molecular formula is C18H21Cl2N2O3+. The van der Waals surface area contributed by atoms with E-state index in [4.69, 9.17) is 32.7 Å². The predicted molar refractivity (Wildman–Crippen MR) is 100 cm³/mol. The fraction of sp³-hybridized carbons (Fsp3) is 0.278. The minimum atomic E-state index is -0.167. The van der Waals surface area contributed by atoms with Crippen LogP contribution in [0.5, 0.6) is 11.5 Å². The van der Waals surface area contributed by atoms with Crippen LogP contribution in [0.25, 0.3) is 0 Å². The van der Waals surface area contributed by atoms with Gasteiger partial charge in [0.15, 0.2) is 6.54 Å². The minimum Gasteiger partial charge on any atom is -0.497 e. The summed E-state index contributed by atoms with van der Waals surface area (Å²) in [5.74, 6) is 1.29. The van der Waals surface area contributed by atoms with Gasteiger partial charge in [0.05, 0.1) is 37.0 Å². The molecule has 0 aromatic heterocycles. The molecule has 1 atom stereocenters. The number of amides is 1. The standard InChI is InChI=1S/C18H20Cl2N2O3/c1-22(10-12-7-8-13(24-2)9-16(12)25-3)11-17(23)21-18-14(19)5-4-6-15(18)20/h4-9H,10-11H2,1-3H3,(H,21,23)/p+1. The van der Waals surface area contributed by atoms with Crippen LogP contribution in [0.15, 0.2) is 36.4 Å². The van der Waals surface area contributed by atoms with Crippen LogP contribution in [0.1, 0.15) is 5.56 Å². The summed E-state index contributed by atoms with van der Waals surface area (Å²) >= 11 is 12.1. The minimum absolute atomic E-state index is 0.167. The number of ether oxygens (including phenoxy) is 2. The third-order valence-corrected chi connectivity index (χ3v) is 4.31. The first kappa shape index (κ1) is 19.4. The van der Waals surface area contributed by atoms with Gasteiger partial charge in [0, 0.05) is 11.6 Å². The molecular weight excluding hydrogens is 363 g/mol. The zero-order chi connectivity index (χ0) is 18.4. The highest BCUT2D eigenvalue weighted by atomic mass is 35.5. The Hall–Kier alpha value is -1.95. The molecule has 2 aromatic rings. The number of carbonyl (C=O) groups excluding carboxylic acids is 1. The summed E-state index contributed by atoms with van der Waals surface area (Å²) in [4.78, 5) is 13.3. The van der Waals surface area contributed by atoms with Crippen molar-refractivity contribution in [3.63, 3.8) is 0 Å². The maximum Gasteiger partial charge on any atom is 0.279 e. The van der Waals surface area contributed by atoms with Crippen molar-refractivity contribution in [2.24, 2.45) is 0 Å². The molecule has 7 heteroatoms. The van der Waals surface area contributed by atoms with Gasteiger partial charge in [-0.05, 0) is 24.3 Å². The van der Waals surface area contributed by atoms with Gasteiger partial charge < -0.3 is 19.7 Å². The zero-order valence-electron chi connectivity index (χ0n) is 14.4. The summed E-state index contributed by atoms with van der Waals surface area (Å²) in [5, 5.41) is 3.59. The van der Waals surface area contributed by atoms with E-state index >= 15 is 0 Å². The van der Waals surface area contributed by atoms with E-state index in [0.717, 1.165) is 22.0 Å². The van der Waals surface area contributed by atoms with Crippen molar-refractivity contribution in [3.05, 3.63) is 52.0 Å². The number of halogens is 2. The van der Waals surface area contributed by atoms with Crippen molar-refractivity contribution in [1.29, 1.82) is 0 Å². The molecule has 0 fully saturated rings. The molecule has 134 valence electrons. The van der Waals surface area contributed by atoms with E-state index in [0.29, 0.717) is 22.3 Å². The van der Waals surface area contributed by atoms with Crippen LogP contribution in [0.2, 0.25) is 10.0 Å². The highest BCUT2D eigenvalue weighted by Gasteiger charge is 2.16. The van der Waals surface area contributed by atoms with E-state index in [2.05, 4.69) is 5.32 Å². The topological polar surface area (TPSA) is 52.0 Å². The molecule has 1 amide bonds. The third-order valence-electron chi connectivity index (χ3n) is 3.68. The predicted octanol–water partition coefficient (Wildman–Crippen LogP) is 2.66. The molecule has 0 bridgehead atoms. The van der Waals surface area contributed by atoms with Gasteiger partial charge in [-0.3, -0.25) is 4.79 Å². The lowest BCUT2D eigenvalue weighted by molar-refractivity contribution is -0.885. The lowest BCUT2D eigenvalue weighted by Gasteiger charge is -2.17. The quantitative estimate of drug-likeness (QED) is 0.772. The average molecular weight is 384 g/mol. The molecule has 1 unspecified atom stereocenters. The first-order valence-corrected chi connectivity index (χ1v) is 8.46. The van der Waals surface area contributed by atoms with Crippen LogP contribution in [0, 0.1) is 0 Å². The van der Waals surface area contributed by atoms with Gasteiger partial charge in [0.25, 0.3) is 5.91 Å². The second kappa shape index (κ2) is 8.94. The van der Waals surface area contributed by atoms with Crippen LogP contribution in [-0.2, 0) is 11.3 Å². The zero-order valence-corrected chi connectivity index (χ0v) is 15.9. The van der Waals surface area contributed by atoms with Crippen LogP contribution in [-0.4, -0.2) is 33.7 Å². The summed E-state index contributed by atoms with van der Waals surface area (Å²) in [5.41, 5.74) is 1.43. The van der Waals surface area contributed by atoms with Gasteiger partial charge in [0.2, 0.25) is 0 Å². The number of likely N-dealkylation sites (N-methyl/N-ethyl adjacent to an activating group) is 1. The van der Waals surface area contributed by atoms with Gasteiger partial charge in [-0.1, -0.05) is 29.3 Å². The highest BCUT2D eigenvalue weighted by Crippen LogP contribution is 2.29. The molecule has 0 radical (unpaired) electrons. The summed E-state index contributed by atoms with van der Waals surface area (Å²) in [7, 11) is 5.15. The Bertz CT molecular complexity index is 733. The van der Waals surface area contributed by atoms with Gasteiger partial charge in [-0.15, -0.1) is 0 Å². The van der Waals surface area contributed by atoms with E-state index in [1.54, 1.807) is 32.4 Å². The van der Waals surface area contributed by atoms with Crippen molar-refractivity contribution in [2.45, 2.75) is 6.54 Å². The summed E-state index contributed by atoms with van der Waals surface area (Å²) in [6, 6.07) is 10.7. The Morgan fingerprint density at radius 2 is 1.80 bits per heavy atom. The van der Waals surface area contributed by atoms with Gasteiger partial charge in [-0.2, -0.15) is 0 Å². The second-order valence-electron chi connectivity index (χ2n) is 5.63. The number of rotatable bonds is 7. The Morgan fingerprint density at radius 3 is 2.40 bits per heavy atom. The van der Waals surface area contributed by atoms with Gasteiger partial charge in [0.1, 0.15) is 18.0 Å². The number of para-hydroxylation sites is 1. The maximum atomic E-state index is 12.3. The smallest absolute Gasteiger partial charge is 0.279 e. The summed E-state index contributed by atoms with van der Waals surface area (Å²) < 4.78 is 10.6. The number of carbonyl (C=O) groups is 1. The number of hydrogen-bond acceptors (Lipinski definition) is 3. The maximum absolute atomic E-state index is 12.3. The monoisotopic (exact) mass is 383 g/mol. The van der Waals surface area contributed by atoms with Crippen molar-refractivity contribution in [2.75, 3.05) is 33.1 Å². The number of anilines is 1. The van der Waals surface area contributed by atoms with Crippen molar-refractivity contribution in [3.8, 4) is 11.5 Å². The average Bonchev–Trinajstić information content (AvgIpc) is 2.58. The first-order valence-electron chi connectivity index (χ1n) is 7.70. The molecule has 0 saturated carbocycles. The van der Waals surface area contributed by atoms with E-state index in [1.807, 2.05) is 25.2 Å². The van der Waals surface area contributed by atoms with Crippen LogP contribution in [0.4, 0.5) is 5.69 Å². The summed E-state index contributed by atoms with van der Waals surface area (Å²) in [6.07, 6.45) is 0. The molecule has 5 nitrogen and oxygen atoms in total. The van der Waals surface area contributed by atoms with Crippen molar-refractivity contribution >= 4 is 34.8 Å². The molecule has 2 N–H and O–H groups in total. The van der Waals surface area contributed by atoms with E-state index in [1.165, 1.54) is 0 Å². The van der Waals surface area contributed by atoms with Gasteiger partial charge in [-0.25, -0.2) is 0 Å². The fourth-order valence-corrected chi connectivity index (χ4v) is 2.95. The largest absolute Gasteiger partial charge is 0.497 e. The Morgan fingerprint density at radius 1 is 1.12 bits per heavy atom. The number of hydrogen-bond donors (Lipinski definition) is 2. The number of quaternary nitrogens is 1. The lowest BCUT2D eigenvalue weighted by Crippen LogP contribution is -3.08. The highest BCUT2D eigenvalue weighted by molar-refractivity contribution is 6.39. The van der Waals surface area contributed by atoms with Crippen molar-refractivity contribution < 1.29 is 19.2 Å². The molecule has 2 rings (SSSR count). The van der Waals surface area contributed by atoms with E-state index < -0.39 is 0 Å². The number of nitrogens with one attached hydrogen (secondary N) is 2. The van der Waals surface area contributed by atoms with Crippen LogP contribution < -0.4 is 19.7 Å². The number of benzene rings is 2. The van der Waals surface area contributed by atoms with Crippen molar-refractivity contribution in [1.82, 2.24) is 0 Å². The fourth-order valence-electron chi connectivity index (χ4n) is 2.46. The molecule has 25 heavy (non-hydrogen) atoms. The second-order valence-corrected chi connectivity index (χ2v) is 6.45. The Balaban J connectivity index is 2.00. The van der Waals surface area contributed by atoms with Crippen LogP contribution in [0.3, 0.4) is 0 Å².